The summed E-state index contributed by atoms with van der Waals surface area (Å²) in [6.07, 6.45) is -0.440. The Labute approximate surface area is 101 Å². The summed E-state index contributed by atoms with van der Waals surface area (Å²) in [6, 6.07) is 5.93. The molecule has 0 amide bonds. The van der Waals surface area contributed by atoms with E-state index in [1.165, 1.54) is 0 Å². The average Bonchev–Trinajstić information content (AvgIpc) is 2.28. The predicted octanol–water partition coefficient (Wildman–Crippen LogP) is 2.07. The van der Waals surface area contributed by atoms with E-state index in [2.05, 4.69) is 0 Å². The number of aliphatic hydroxyl groups excluding tert-OH is 1. The van der Waals surface area contributed by atoms with E-state index in [4.69, 9.17) is 10.5 Å². The highest BCUT2D eigenvalue weighted by atomic mass is 32.2. The van der Waals surface area contributed by atoms with Gasteiger partial charge in [-0.05, 0) is 25.5 Å². The van der Waals surface area contributed by atoms with Crippen LogP contribution in [-0.2, 0) is 4.74 Å². The van der Waals surface area contributed by atoms with Crippen molar-refractivity contribution in [1.29, 1.82) is 0 Å². The second kappa shape index (κ2) is 6.78. The highest BCUT2D eigenvalue weighted by molar-refractivity contribution is 7.99. The number of aryl methyl sites for hydroxylation is 1. The Kier molecular flexibility index (Phi) is 5.66. The van der Waals surface area contributed by atoms with Crippen molar-refractivity contribution in [2.75, 3.05) is 24.7 Å². The summed E-state index contributed by atoms with van der Waals surface area (Å²) in [6.45, 7) is 4.91. The summed E-state index contributed by atoms with van der Waals surface area (Å²) in [5, 5.41) is 9.62. The zero-order valence-electron chi connectivity index (χ0n) is 9.77. The molecule has 0 bridgehead atoms. The quantitative estimate of drug-likeness (QED) is 0.591. The number of benzene rings is 1. The van der Waals surface area contributed by atoms with Crippen LogP contribution < -0.4 is 5.73 Å². The maximum absolute atomic E-state index is 9.62. The Bertz CT molecular complexity index is 331. The van der Waals surface area contributed by atoms with Gasteiger partial charge in [0.15, 0.2) is 0 Å². The van der Waals surface area contributed by atoms with E-state index in [9.17, 15) is 5.11 Å². The van der Waals surface area contributed by atoms with Gasteiger partial charge in [-0.2, -0.15) is 0 Å². The summed E-state index contributed by atoms with van der Waals surface area (Å²) >= 11 is 1.56. The molecule has 0 saturated heterocycles. The van der Waals surface area contributed by atoms with Crippen LogP contribution in [0.4, 0.5) is 5.69 Å². The molecule has 0 spiro atoms. The first-order valence-electron chi connectivity index (χ1n) is 5.38. The third kappa shape index (κ3) is 4.04. The SMILES string of the molecule is CCOCC(O)CSc1cccc(C)c1N. The van der Waals surface area contributed by atoms with E-state index in [0.29, 0.717) is 19.0 Å². The lowest BCUT2D eigenvalue weighted by molar-refractivity contribution is 0.0551. The van der Waals surface area contributed by atoms with Crippen LogP contribution in [0.5, 0.6) is 0 Å². The van der Waals surface area contributed by atoms with Crippen LogP contribution >= 0.6 is 11.8 Å². The summed E-state index contributed by atoms with van der Waals surface area (Å²) < 4.78 is 5.14. The van der Waals surface area contributed by atoms with E-state index < -0.39 is 6.10 Å². The van der Waals surface area contributed by atoms with Crippen molar-refractivity contribution in [3.8, 4) is 0 Å². The molecular weight excluding hydrogens is 222 g/mol. The number of nitrogen functional groups attached to an aromatic ring is 1. The first-order valence-corrected chi connectivity index (χ1v) is 6.37. The van der Waals surface area contributed by atoms with Crippen molar-refractivity contribution in [1.82, 2.24) is 0 Å². The number of anilines is 1. The zero-order chi connectivity index (χ0) is 12.0. The van der Waals surface area contributed by atoms with Gasteiger partial charge in [0.2, 0.25) is 0 Å². The highest BCUT2D eigenvalue weighted by Gasteiger charge is 2.07. The number of hydrogen-bond donors (Lipinski definition) is 2. The molecule has 3 N–H and O–H groups in total. The number of para-hydroxylation sites is 1. The number of nitrogens with two attached hydrogens (primary N) is 1. The van der Waals surface area contributed by atoms with E-state index in [1.54, 1.807) is 11.8 Å². The van der Waals surface area contributed by atoms with Gasteiger partial charge in [-0.25, -0.2) is 0 Å². The van der Waals surface area contributed by atoms with Crippen LogP contribution in [0.15, 0.2) is 23.1 Å². The van der Waals surface area contributed by atoms with Gasteiger partial charge in [0, 0.05) is 22.9 Å². The van der Waals surface area contributed by atoms with Crippen LogP contribution in [0.25, 0.3) is 0 Å². The zero-order valence-corrected chi connectivity index (χ0v) is 10.6. The minimum Gasteiger partial charge on any atom is -0.398 e. The first kappa shape index (κ1) is 13.4. The summed E-state index contributed by atoms with van der Waals surface area (Å²) in [5.41, 5.74) is 7.81. The molecule has 1 aromatic rings. The first-order chi connectivity index (χ1) is 7.65. The van der Waals surface area contributed by atoms with Crippen molar-refractivity contribution in [3.63, 3.8) is 0 Å². The number of aliphatic hydroxyl groups is 1. The molecule has 3 nitrogen and oxygen atoms in total. The van der Waals surface area contributed by atoms with Gasteiger partial charge in [0.25, 0.3) is 0 Å². The molecule has 1 aromatic carbocycles. The second-order valence-corrected chi connectivity index (χ2v) is 4.67. The van der Waals surface area contributed by atoms with Gasteiger partial charge < -0.3 is 15.6 Å². The lowest BCUT2D eigenvalue weighted by Crippen LogP contribution is -2.17. The molecule has 1 unspecified atom stereocenters. The van der Waals surface area contributed by atoms with Crippen molar-refractivity contribution in [2.45, 2.75) is 24.8 Å². The Morgan fingerprint density at radius 3 is 2.94 bits per heavy atom. The monoisotopic (exact) mass is 241 g/mol. The average molecular weight is 241 g/mol. The number of rotatable bonds is 6. The van der Waals surface area contributed by atoms with Crippen LogP contribution in [-0.4, -0.2) is 30.2 Å². The predicted molar refractivity (Wildman–Crippen MR) is 68.8 cm³/mol. The minimum absolute atomic E-state index is 0.384. The van der Waals surface area contributed by atoms with E-state index in [1.807, 2.05) is 32.0 Å². The summed E-state index contributed by atoms with van der Waals surface area (Å²) in [4.78, 5) is 1.02. The number of hydrogen-bond acceptors (Lipinski definition) is 4. The minimum atomic E-state index is -0.440. The fourth-order valence-electron chi connectivity index (χ4n) is 1.27. The number of thioether (sulfide) groups is 1. The van der Waals surface area contributed by atoms with Gasteiger partial charge in [0.05, 0.1) is 12.7 Å². The molecule has 16 heavy (non-hydrogen) atoms. The molecular formula is C12H19NO2S. The van der Waals surface area contributed by atoms with Crippen molar-refractivity contribution in [2.24, 2.45) is 0 Å². The van der Waals surface area contributed by atoms with Crippen molar-refractivity contribution in [3.05, 3.63) is 23.8 Å². The van der Waals surface area contributed by atoms with Gasteiger partial charge >= 0.3 is 0 Å². The fraction of sp³-hybridized carbons (Fsp3) is 0.500. The molecule has 1 atom stereocenters. The Morgan fingerprint density at radius 1 is 1.50 bits per heavy atom. The maximum atomic E-state index is 9.62. The molecule has 0 aliphatic heterocycles. The smallest absolute Gasteiger partial charge is 0.0867 e. The van der Waals surface area contributed by atoms with Gasteiger partial charge in [0.1, 0.15) is 0 Å². The molecule has 0 aromatic heterocycles. The summed E-state index contributed by atoms with van der Waals surface area (Å²) in [5.74, 6) is 0.605. The lowest BCUT2D eigenvalue weighted by Gasteiger charge is -2.12. The van der Waals surface area contributed by atoms with E-state index >= 15 is 0 Å². The lowest BCUT2D eigenvalue weighted by atomic mass is 10.2. The molecule has 0 heterocycles. The normalized spacial score (nSPS) is 12.7. The van der Waals surface area contributed by atoms with Crippen LogP contribution in [0.1, 0.15) is 12.5 Å². The third-order valence-electron chi connectivity index (χ3n) is 2.23. The van der Waals surface area contributed by atoms with Crippen LogP contribution in [0.2, 0.25) is 0 Å². The van der Waals surface area contributed by atoms with Gasteiger partial charge in [-0.3, -0.25) is 0 Å². The Morgan fingerprint density at radius 2 is 2.25 bits per heavy atom. The Hall–Kier alpha value is -0.710. The molecule has 4 heteroatoms. The number of ether oxygens (including phenoxy) is 1. The second-order valence-electron chi connectivity index (χ2n) is 3.61. The third-order valence-corrected chi connectivity index (χ3v) is 3.45. The molecule has 0 aliphatic carbocycles. The van der Waals surface area contributed by atoms with Crippen LogP contribution in [0, 0.1) is 6.92 Å². The molecule has 0 aliphatic rings. The summed E-state index contributed by atoms with van der Waals surface area (Å²) in [7, 11) is 0. The van der Waals surface area contributed by atoms with Gasteiger partial charge in [-0.15, -0.1) is 11.8 Å². The molecule has 0 fully saturated rings. The molecule has 1 rings (SSSR count). The molecule has 90 valence electrons. The maximum Gasteiger partial charge on any atom is 0.0867 e. The van der Waals surface area contributed by atoms with E-state index in [-0.39, 0.29) is 0 Å². The topological polar surface area (TPSA) is 55.5 Å². The molecule has 0 radical (unpaired) electrons. The van der Waals surface area contributed by atoms with Gasteiger partial charge in [-0.1, -0.05) is 12.1 Å². The van der Waals surface area contributed by atoms with Crippen molar-refractivity contribution >= 4 is 17.4 Å². The highest BCUT2D eigenvalue weighted by Crippen LogP contribution is 2.27. The van der Waals surface area contributed by atoms with Crippen molar-refractivity contribution < 1.29 is 9.84 Å². The van der Waals surface area contributed by atoms with Crippen LogP contribution in [0.3, 0.4) is 0 Å². The van der Waals surface area contributed by atoms with E-state index in [0.717, 1.165) is 16.1 Å². The fourth-order valence-corrected chi connectivity index (χ4v) is 2.23. The standard InChI is InChI=1S/C12H19NO2S/c1-3-15-7-10(14)8-16-11-6-4-5-9(2)12(11)13/h4-6,10,14H,3,7-8,13H2,1-2H3. The Balaban J connectivity index is 2.45. The molecule has 0 saturated carbocycles. The largest absolute Gasteiger partial charge is 0.398 e.